The zero-order valence-electron chi connectivity index (χ0n) is 6.82. The lowest BCUT2D eigenvalue weighted by atomic mass is 10.7. The molecular weight excluding hydrogens is 201 g/mol. The highest BCUT2D eigenvalue weighted by Crippen LogP contribution is 2.14. The number of halogens is 3. The number of alkyl halides is 3. The van der Waals surface area contributed by atoms with Crippen molar-refractivity contribution in [2.75, 3.05) is 6.61 Å². The Labute approximate surface area is 76.7 Å². The van der Waals surface area contributed by atoms with Crippen molar-refractivity contribution in [2.45, 2.75) is 12.9 Å². The van der Waals surface area contributed by atoms with Gasteiger partial charge in [-0.05, 0) is 0 Å². The van der Waals surface area contributed by atoms with Gasteiger partial charge in [0.25, 0.3) is 5.82 Å². The van der Waals surface area contributed by atoms with Crippen molar-refractivity contribution in [3.05, 3.63) is 12.2 Å². The molecule has 1 aromatic heterocycles. The first-order valence-electron chi connectivity index (χ1n) is 3.45. The van der Waals surface area contributed by atoms with Gasteiger partial charge in [-0.3, -0.25) is 0 Å². The zero-order valence-corrected chi connectivity index (χ0v) is 6.82. The van der Waals surface area contributed by atoms with Gasteiger partial charge in [0.2, 0.25) is 0 Å². The summed E-state index contributed by atoms with van der Waals surface area (Å²) in [6.45, 7) is -1.73. The van der Waals surface area contributed by atoms with Crippen LogP contribution in [0.2, 0.25) is 0 Å². The first kappa shape index (κ1) is 10.5. The molecule has 0 aliphatic heterocycles. The quantitative estimate of drug-likeness (QED) is 0.729. The third kappa shape index (κ3) is 3.40. The van der Waals surface area contributed by atoms with Crippen molar-refractivity contribution in [3.8, 4) is 6.07 Å². The summed E-state index contributed by atoms with van der Waals surface area (Å²) in [7, 11) is 0. The van der Waals surface area contributed by atoms with E-state index in [2.05, 4.69) is 14.8 Å². The van der Waals surface area contributed by atoms with E-state index in [4.69, 9.17) is 5.26 Å². The van der Waals surface area contributed by atoms with Crippen molar-refractivity contribution in [1.29, 1.82) is 5.26 Å². The third-order valence-corrected chi connectivity index (χ3v) is 1.13. The molecule has 76 valence electrons. The molecule has 0 spiro atoms. The first-order valence-corrected chi connectivity index (χ1v) is 3.45. The Morgan fingerprint density at radius 2 is 2.29 bits per heavy atom. The van der Waals surface area contributed by atoms with E-state index in [0.717, 1.165) is 11.0 Å². The van der Waals surface area contributed by atoms with Crippen LogP contribution in [0.4, 0.5) is 13.2 Å². The summed E-state index contributed by atoms with van der Waals surface area (Å²) in [5.74, 6) is -0.111. The zero-order chi connectivity index (χ0) is 10.6. The van der Waals surface area contributed by atoms with Gasteiger partial charge in [-0.2, -0.15) is 18.4 Å². The predicted molar refractivity (Wildman–Crippen MR) is 36.7 cm³/mol. The summed E-state index contributed by atoms with van der Waals surface area (Å²) in [6.07, 6.45) is -3.24. The average Bonchev–Trinajstić information content (AvgIpc) is 2.50. The second-order valence-electron chi connectivity index (χ2n) is 2.31. The maximum absolute atomic E-state index is 11.6. The van der Waals surface area contributed by atoms with Gasteiger partial charge in [0.05, 0.1) is 0 Å². The highest BCUT2D eigenvalue weighted by atomic mass is 19.4. The number of nitriles is 1. The van der Waals surface area contributed by atoms with Gasteiger partial charge in [-0.1, -0.05) is 0 Å². The highest BCUT2D eigenvalue weighted by Gasteiger charge is 2.27. The second-order valence-corrected chi connectivity index (χ2v) is 2.31. The fourth-order valence-electron chi connectivity index (χ4n) is 0.663. The van der Waals surface area contributed by atoms with E-state index in [1.807, 2.05) is 0 Å². The Bertz CT molecular complexity index is 340. The molecule has 0 unspecified atom stereocenters. The minimum Gasteiger partial charge on any atom is -0.350 e. The Balaban J connectivity index is 2.36. The van der Waals surface area contributed by atoms with Crippen LogP contribution < -0.4 is 0 Å². The fraction of sp³-hybridized carbons (Fsp3) is 0.500. The summed E-state index contributed by atoms with van der Waals surface area (Å²) >= 11 is 0. The SMILES string of the molecule is N#Cc1ncn(COCC(F)(F)F)n1. The number of ether oxygens (including phenoxy) is 1. The van der Waals surface area contributed by atoms with Crippen molar-refractivity contribution in [1.82, 2.24) is 14.8 Å². The minimum absolute atomic E-state index is 0.111. The lowest BCUT2D eigenvalue weighted by Gasteiger charge is -2.06. The van der Waals surface area contributed by atoms with E-state index in [1.54, 1.807) is 6.07 Å². The second kappa shape index (κ2) is 4.06. The fourth-order valence-corrected chi connectivity index (χ4v) is 0.663. The molecule has 1 rings (SSSR count). The van der Waals surface area contributed by atoms with Gasteiger partial charge in [-0.25, -0.2) is 9.67 Å². The van der Waals surface area contributed by atoms with Gasteiger partial charge in [0.1, 0.15) is 25.7 Å². The highest BCUT2D eigenvalue weighted by molar-refractivity contribution is 5.05. The molecule has 5 nitrogen and oxygen atoms in total. The van der Waals surface area contributed by atoms with Gasteiger partial charge >= 0.3 is 6.18 Å². The van der Waals surface area contributed by atoms with Gasteiger partial charge in [0, 0.05) is 0 Å². The molecule has 0 amide bonds. The third-order valence-electron chi connectivity index (χ3n) is 1.13. The Morgan fingerprint density at radius 1 is 1.57 bits per heavy atom. The van der Waals surface area contributed by atoms with Gasteiger partial charge in [0.15, 0.2) is 0 Å². The molecule has 1 aromatic rings. The summed E-state index contributed by atoms with van der Waals surface area (Å²) in [4.78, 5) is 3.48. The average molecular weight is 206 g/mol. The first-order chi connectivity index (χ1) is 6.51. The summed E-state index contributed by atoms with van der Waals surface area (Å²) in [5.41, 5.74) is 0. The molecule has 1 heterocycles. The molecule has 0 atom stereocenters. The van der Waals surface area contributed by atoms with Crippen LogP contribution in [0.15, 0.2) is 6.33 Å². The van der Waals surface area contributed by atoms with E-state index in [9.17, 15) is 13.2 Å². The van der Waals surface area contributed by atoms with Gasteiger partial charge < -0.3 is 4.74 Å². The van der Waals surface area contributed by atoms with E-state index in [1.165, 1.54) is 0 Å². The Hall–Kier alpha value is -1.62. The molecule has 0 bridgehead atoms. The molecule has 0 aromatic carbocycles. The van der Waals surface area contributed by atoms with Crippen LogP contribution in [0, 0.1) is 11.3 Å². The molecule has 0 aliphatic rings. The standard InChI is InChI=1S/C6H5F3N4O/c7-6(8,9)2-14-4-13-3-11-5(1-10)12-13/h3H,2,4H2. The van der Waals surface area contributed by atoms with E-state index >= 15 is 0 Å². The molecule has 0 saturated carbocycles. The van der Waals surface area contributed by atoms with Crippen LogP contribution >= 0.6 is 0 Å². The summed E-state index contributed by atoms with van der Waals surface area (Å²) in [5, 5.41) is 11.8. The van der Waals surface area contributed by atoms with Gasteiger partial charge in [-0.15, -0.1) is 5.10 Å². The number of hydrogen-bond donors (Lipinski definition) is 0. The van der Waals surface area contributed by atoms with Crippen LogP contribution in [-0.2, 0) is 11.5 Å². The number of nitrogens with zero attached hydrogens (tertiary/aromatic N) is 4. The van der Waals surface area contributed by atoms with Crippen molar-refractivity contribution < 1.29 is 17.9 Å². The number of rotatable bonds is 3. The molecule has 0 fully saturated rings. The maximum atomic E-state index is 11.6. The molecule has 0 N–H and O–H groups in total. The minimum atomic E-state index is -4.36. The van der Waals surface area contributed by atoms with Crippen LogP contribution in [-0.4, -0.2) is 27.5 Å². The Kier molecular flexibility index (Phi) is 3.03. The lowest BCUT2D eigenvalue weighted by molar-refractivity contribution is -0.182. The normalized spacial score (nSPS) is 11.3. The Morgan fingerprint density at radius 3 is 2.79 bits per heavy atom. The summed E-state index contributed by atoms with van der Waals surface area (Å²) in [6, 6.07) is 1.63. The van der Waals surface area contributed by atoms with Crippen molar-refractivity contribution in [3.63, 3.8) is 0 Å². The van der Waals surface area contributed by atoms with Crippen LogP contribution in [0.3, 0.4) is 0 Å². The molecule has 14 heavy (non-hydrogen) atoms. The predicted octanol–water partition coefficient (Wildman–Crippen LogP) is 0.686. The maximum Gasteiger partial charge on any atom is 0.411 e. The number of hydrogen-bond acceptors (Lipinski definition) is 4. The monoisotopic (exact) mass is 206 g/mol. The van der Waals surface area contributed by atoms with E-state index in [-0.39, 0.29) is 12.6 Å². The largest absolute Gasteiger partial charge is 0.411 e. The lowest BCUT2D eigenvalue weighted by Crippen LogP contribution is -2.18. The molecule has 0 aliphatic carbocycles. The topological polar surface area (TPSA) is 63.7 Å². The molecular formula is C6H5F3N4O. The van der Waals surface area contributed by atoms with Crippen molar-refractivity contribution in [2.24, 2.45) is 0 Å². The van der Waals surface area contributed by atoms with Crippen LogP contribution in [0.5, 0.6) is 0 Å². The van der Waals surface area contributed by atoms with E-state index < -0.39 is 12.8 Å². The molecule has 8 heteroatoms. The molecule has 0 radical (unpaired) electrons. The van der Waals surface area contributed by atoms with Crippen LogP contribution in [0.25, 0.3) is 0 Å². The number of aromatic nitrogens is 3. The van der Waals surface area contributed by atoms with Crippen LogP contribution in [0.1, 0.15) is 5.82 Å². The smallest absolute Gasteiger partial charge is 0.350 e. The summed E-state index contributed by atoms with van der Waals surface area (Å²) < 4.78 is 40.1. The van der Waals surface area contributed by atoms with Crippen molar-refractivity contribution >= 4 is 0 Å². The van der Waals surface area contributed by atoms with E-state index in [0.29, 0.717) is 0 Å². The molecule has 0 saturated heterocycles.